The molecule has 1 aromatic carbocycles. The third kappa shape index (κ3) is 7.78. The van der Waals surface area contributed by atoms with Crippen LogP contribution in [0.3, 0.4) is 0 Å². The molecule has 8 N–H and O–H groups in total. The molecule has 0 bridgehead atoms. The maximum absolute atomic E-state index is 12.7. The highest BCUT2D eigenvalue weighted by atomic mass is 16.4. The number of carbonyl (C=O) groups is 4. The van der Waals surface area contributed by atoms with Gasteiger partial charge < -0.3 is 37.0 Å². The van der Waals surface area contributed by atoms with Gasteiger partial charge in [0.15, 0.2) is 6.04 Å². The van der Waals surface area contributed by atoms with Gasteiger partial charge >= 0.3 is 5.97 Å². The minimum atomic E-state index is -1.59. The van der Waals surface area contributed by atoms with Gasteiger partial charge in [-0.2, -0.15) is 0 Å². The summed E-state index contributed by atoms with van der Waals surface area (Å²) in [6.07, 6.45) is -2.67. The Bertz CT molecular complexity index is 740. The van der Waals surface area contributed by atoms with E-state index in [1.165, 1.54) is 13.8 Å². The topological polar surface area (TPSA) is 191 Å². The minimum absolute atomic E-state index is 0.00191. The Morgan fingerprint density at radius 3 is 1.93 bits per heavy atom. The number of aliphatic hydroxyl groups is 2. The number of amides is 3. The zero-order valence-electron chi connectivity index (χ0n) is 16.7. The molecule has 0 spiro atoms. The largest absolute Gasteiger partial charge is 0.480 e. The highest BCUT2D eigenvalue weighted by molar-refractivity contribution is 5.94. The first-order chi connectivity index (χ1) is 14.1. The molecule has 0 fully saturated rings. The normalized spacial score (nSPS) is 15.8. The Morgan fingerprint density at radius 1 is 0.900 bits per heavy atom. The van der Waals surface area contributed by atoms with E-state index in [1.807, 2.05) is 0 Å². The predicted octanol–water partition coefficient (Wildman–Crippen LogP) is -2.51. The van der Waals surface area contributed by atoms with Gasteiger partial charge in [0.25, 0.3) is 0 Å². The van der Waals surface area contributed by atoms with Crippen molar-refractivity contribution in [1.82, 2.24) is 16.0 Å². The fourth-order valence-electron chi connectivity index (χ4n) is 2.60. The van der Waals surface area contributed by atoms with Gasteiger partial charge in [0.05, 0.1) is 18.8 Å². The van der Waals surface area contributed by atoms with Crippen molar-refractivity contribution in [3.05, 3.63) is 35.9 Å². The molecule has 0 radical (unpaired) electrons. The summed E-state index contributed by atoms with van der Waals surface area (Å²) in [5.41, 5.74) is 5.88. The standard InChI is InChI=1S/C19H28N4O7/c1-10(24)15(22-14(26)9-20)18(28)21-13(8-12-6-4-3-5-7-12)17(27)23-16(11(2)25)19(29)30/h3-7,10-11,13,15-16,24-25H,8-9,20H2,1-2H3,(H,21,28)(H,22,26)(H,23,27)(H,29,30)/t10-,11-,13-,15-,16-/m0/s1. The van der Waals surface area contributed by atoms with Gasteiger partial charge in [0, 0.05) is 6.42 Å². The molecule has 0 aliphatic carbocycles. The average Bonchev–Trinajstić information content (AvgIpc) is 2.69. The number of nitrogens with two attached hydrogens (primary N) is 1. The summed E-state index contributed by atoms with van der Waals surface area (Å²) >= 11 is 0. The molecule has 166 valence electrons. The van der Waals surface area contributed by atoms with Crippen LogP contribution in [0, 0.1) is 0 Å². The highest BCUT2D eigenvalue weighted by Gasteiger charge is 2.32. The van der Waals surface area contributed by atoms with Crippen LogP contribution in [-0.2, 0) is 25.6 Å². The van der Waals surface area contributed by atoms with Gasteiger partial charge in [0.1, 0.15) is 12.1 Å². The van der Waals surface area contributed by atoms with Crippen LogP contribution in [0.15, 0.2) is 30.3 Å². The molecular weight excluding hydrogens is 396 g/mol. The Labute approximate surface area is 173 Å². The maximum Gasteiger partial charge on any atom is 0.328 e. The third-order valence-corrected chi connectivity index (χ3v) is 4.23. The molecule has 0 saturated heterocycles. The molecule has 0 heterocycles. The van der Waals surface area contributed by atoms with E-state index in [1.54, 1.807) is 30.3 Å². The Kier molecular flexibility index (Phi) is 9.89. The number of benzene rings is 1. The lowest BCUT2D eigenvalue weighted by molar-refractivity contribution is -0.145. The smallest absolute Gasteiger partial charge is 0.328 e. The van der Waals surface area contributed by atoms with E-state index >= 15 is 0 Å². The second-order valence-electron chi connectivity index (χ2n) is 6.81. The number of nitrogens with one attached hydrogen (secondary N) is 3. The molecule has 11 nitrogen and oxygen atoms in total. The number of hydrogen-bond acceptors (Lipinski definition) is 7. The molecule has 0 aromatic heterocycles. The summed E-state index contributed by atoms with van der Waals surface area (Å²) in [5.74, 6) is -3.83. The van der Waals surface area contributed by atoms with Crippen LogP contribution in [-0.4, -0.2) is 75.9 Å². The number of carboxylic acids is 1. The second-order valence-corrected chi connectivity index (χ2v) is 6.81. The summed E-state index contributed by atoms with van der Waals surface area (Å²) in [6.45, 7) is 2.08. The van der Waals surface area contributed by atoms with E-state index in [4.69, 9.17) is 5.73 Å². The molecule has 5 atom stereocenters. The van der Waals surface area contributed by atoms with Crippen LogP contribution < -0.4 is 21.7 Å². The van der Waals surface area contributed by atoms with Gasteiger partial charge in [0.2, 0.25) is 17.7 Å². The van der Waals surface area contributed by atoms with Crippen molar-refractivity contribution in [2.75, 3.05) is 6.54 Å². The van der Waals surface area contributed by atoms with Gasteiger partial charge in [-0.1, -0.05) is 30.3 Å². The molecule has 0 aliphatic heterocycles. The van der Waals surface area contributed by atoms with Crippen LogP contribution in [0.25, 0.3) is 0 Å². The lowest BCUT2D eigenvalue weighted by Crippen LogP contribution is -2.60. The summed E-state index contributed by atoms with van der Waals surface area (Å²) in [7, 11) is 0. The monoisotopic (exact) mass is 424 g/mol. The van der Waals surface area contributed by atoms with Crippen LogP contribution in [0.2, 0.25) is 0 Å². The van der Waals surface area contributed by atoms with Crippen LogP contribution >= 0.6 is 0 Å². The fourth-order valence-corrected chi connectivity index (χ4v) is 2.60. The highest BCUT2D eigenvalue weighted by Crippen LogP contribution is 2.06. The zero-order chi connectivity index (χ0) is 22.8. The molecule has 3 amide bonds. The Hall–Kier alpha value is -3.02. The van der Waals surface area contributed by atoms with Crippen molar-refractivity contribution in [2.45, 2.75) is 50.6 Å². The minimum Gasteiger partial charge on any atom is -0.480 e. The first-order valence-electron chi connectivity index (χ1n) is 9.29. The summed E-state index contributed by atoms with van der Waals surface area (Å²) < 4.78 is 0. The fraction of sp³-hybridized carbons (Fsp3) is 0.474. The number of carboxylic acid groups (broad SMARTS) is 1. The van der Waals surface area contributed by atoms with Crippen LogP contribution in [0.5, 0.6) is 0 Å². The summed E-state index contributed by atoms with van der Waals surface area (Å²) in [4.78, 5) is 48.1. The number of rotatable bonds is 11. The Morgan fingerprint density at radius 2 is 1.47 bits per heavy atom. The molecule has 0 aliphatic rings. The van der Waals surface area contributed by atoms with Crippen molar-refractivity contribution in [2.24, 2.45) is 5.73 Å². The number of aliphatic carboxylic acids is 1. The van der Waals surface area contributed by atoms with E-state index in [0.29, 0.717) is 5.56 Å². The van der Waals surface area contributed by atoms with Crippen molar-refractivity contribution < 1.29 is 34.5 Å². The molecule has 11 heteroatoms. The predicted molar refractivity (Wildman–Crippen MR) is 106 cm³/mol. The van der Waals surface area contributed by atoms with Gasteiger partial charge in [-0.15, -0.1) is 0 Å². The molecular formula is C19H28N4O7. The number of hydrogen-bond donors (Lipinski definition) is 7. The van der Waals surface area contributed by atoms with Crippen molar-refractivity contribution >= 4 is 23.7 Å². The molecule has 30 heavy (non-hydrogen) atoms. The first kappa shape index (κ1) is 25.0. The van der Waals surface area contributed by atoms with E-state index in [2.05, 4.69) is 16.0 Å². The summed E-state index contributed by atoms with van der Waals surface area (Å²) in [5, 5.41) is 35.5. The average molecular weight is 424 g/mol. The lowest BCUT2D eigenvalue weighted by Gasteiger charge is -2.26. The van der Waals surface area contributed by atoms with Crippen molar-refractivity contribution in [3.8, 4) is 0 Å². The number of carbonyl (C=O) groups excluding carboxylic acids is 3. The quantitative estimate of drug-likeness (QED) is 0.202. The maximum atomic E-state index is 12.7. The van der Waals surface area contributed by atoms with Crippen molar-refractivity contribution in [1.29, 1.82) is 0 Å². The zero-order valence-corrected chi connectivity index (χ0v) is 16.7. The van der Waals surface area contributed by atoms with Crippen LogP contribution in [0.1, 0.15) is 19.4 Å². The molecule has 1 aromatic rings. The first-order valence-corrected chi connectivity index (χ1v) is 9.29. The molecule has 1 rings (SSSR count). The van der Waals surface area contributed by atoms with E-state index in [-0.39, 0.29) is 6.42 Å². The third-order valence-electron chi connectivity index (χ3n) is 4.23. The molecule has 0 unspecified atom stereocenters. The van der Waals surface area contributed by atoms with E-state index in [9.17, 15) is 34.5 Å². The van der Waals surface area contributed by atoms with Gasteiger partial charge in [-0.3, -0.25) is 14.4 Å². The van der Waals surface area contributed by atoms with Crippen molar-refractivity contribution in [3.63, 3.8) is 0 Å². The Balaban J connectivity index is 3.07. The van der Waals surface area contributed by atoms with Gasteiger partial charge in [-0.05, 0) is 19.4 Å². The summed E-state index contributed by atoms with van der Waals surface area (Å²) in [6, 6.07) is 4.42. The lowest BCUT2D eigenvalue weighted by atomic mass is 10.0. The van der Waals surface area contributed by atoms with Gasteiger partial charge in [-0.25, -0.2) is 4.79 Å². The van der Waals surface area contributed by atoms with E-state index in [0.717, 1.165) is 0 Å². The number of aliphatic hydroxyl groups excluding tert-OH is 2. The SMILES string of the molecule is C[C@H](O)[C@H](NC(=O)[C@H](Cc1ccccc1)NC(=O)[C@@H](NC(=O)CN)[C@H](C)O)C(=O)O. The second kappa shape index (κ2) is 11.9. The van der Waals surface area contributed by atoms with E-state index < -0.39 is 60.6 Å². The van der Waals surface area contributed by atoms with Crippen LogP contribution in [0.4, 0.5) is 0 Å². The molecule has 0 saturated carbocycles.